The van der Waals surface area contributed by atoms with Gasteiger partial charge >= 0.3 is 0 Å². The summed E-state index contributed by atoms with van der Waals surface area (Å²) >= 11 is 5.98. The number of rotatable bonds is 5. The van der Waals surface area contributed by atoms with Crippen molar-refractivity contribution in [2.75, 3.05) is 26.2 Å². The third-order valence-electron chi connectivity index (χ3n) is 6.19. The molecule has 0 unspecified atom stereocenters. The van der Waals surface area contributed by atoms with E-state index in [-0.39, 0.29) is 43.8 Å². The van der Waals surface area contributed by atoms with Gasteiger partial charge in [-0.3, -0.25) is 4.79 Å². The summed E-state index contributed by atoms with van der Waals surface area (Å²) in [5, 5.41) is 12.8. The summed E-state index contributed by atoms with van der Waals surface area (Å²) in [7, 11) is -3.85. The number of hydrogen-bond acceptors (Lipinski definition) is 6. The van der Waals surface area contributed by atoms with Crippen LogP contribution < -0.4 is 10.5 Å². The Morgan fingerprint density at radius 1 is 1.08 bits per heavy atom. The van der Waals surface area contributed by atoms with Gasteiger partial charge in [-0.1, -0.05) is 11.6 Å². The Bertz CT molecular complexity index is 1550. The zero-order valence-electron chi connectivity index (χ0n) is 19.1. The van der Waals surface area contributed by atoms with E-state index in [1.54, 1.807) is 65.6 Å². The van der Waals surface area contributed by atoms with E-state index in [9.17, 15) is 18.4 Å². The normalized spacial score (nSPS) is 14.9. The van der Waals surface area contributed by atoms with Gasteiger partial charge in [-0.15, -0.1) is 0 Å². The van der Waals surface area contributed by atoms with Gasteiger partial charge < -0.3 is 20.8 Å². The van der Waals surface area contributed by atoms with Crippen LogP contribution in [0.2, 0.25) is 5.02 Å². The van der Waals surface area contributed by atoms with Crippen LogP contribution in [0.15, 0.2) is 65.8 Å². The van der Waals surface area contributed by atoms with Crippen LogP contribution >= 0.6 is 11.6 Å². The Morgan fingerprint density at radius 3 is 2.50 bits per heavy atom. The van der Waals surface area contributed by atoms with E-state index in [2.05, 4.69) is 9.97 Å². The van der Waals surface area contributed by atoms with Gasteiger partial charge in [0, 0.05) is 54.5 Å². The molecular weight excluding hydrogens is 504 g/mol. The fraction of sp³-hybridized carbons (Fsp3) is 0.208. The fourth-order valence-electron chi connectivity index (χ4n) is 4.21. The molecule has 1 fully saturated rings. The molecule has 1 amide bonds. The van der Waals surface area contributed by atoms with E-state index >= 15 is 0 Å². The Morgan fingerprint density at radius 2 is 1.81 bits per heavy atom. The summed E-state index contributed by atoms with van der Waals surface area (Å²) in [5.41, 5.74) is 8.68. The molecule has 186 valence electrons. The number of H-pyrrole nitrogens is 1. The van der Waals surface area contributed by atoms with Crippen molar-refractivity contribution in [3.05, 3.63) is 82.2 Å². The number of hydrogen-bond donors (Lipinski definition) is 2. The summed E-state index contributed by atoms with van der Waals surface area (Å²) in [6.45, 7) is 0.897. The number of carbonyl (C=O) groups is 1. The summed E-state index contributed by atoms with van der Waals surface area (Å²) in [6, 6.07) is 16.8. The van der Waals surface area contributed by atoms with Crippen molar-refractivity contribution < 1.29 is 17.9 Å². The van der Waals surface area contributed by atoms with E-state index in [1.165, 1.54) is 4.31 Å². The highest BCUT2D eigenvalue weighted by molar-refractivity contribution is 7.89. The molecule has 2 aromatic carbocycles. The topological polar surface area (TPSA) is 139 Å². The molecule has 12 heteroatoms. The van der Waals surface area contributed by atoms with Crippen LogP contribution in [0.1, 0.15) is 16.1 Å². The molecule has 4 aromatic rings. The highest BCUT2D eigenvalue weighted by Gasteiger charge is 2.32. The minimum atomic E-state index is -3.85. The van der Waals surface area contributed by atoms with Crippen molar-refractivity contribution in [3.8, 4) is 11.3 Å². The van der Waals surface area contributed by atoms with Crippen LogP contribution in [-0.4, -0.2) is 59.7 Å². The molecule has 3 heterocycles. The minimum Gasteiger partial charge on any atom is -0.618 e. The van der Waals surface area contributed by atoms with Crippen LogP contribution in [0, 0.1) is 5.21 Å². The number of imidazole rings is 1. The molecule has 0 aliphatic carbocycles. The second kappa shape index (κ2) is 9.51. The maximum Gasteiger partial charge on any atom is 0.276 e. The highest BCUT2D eigenvalue weighted by Crippen LogP contribution is 2.23. The average Bonchev–Trinajstić information content (AvgIpc) is 3.33. The molecule has 36 heavy (non-hydrogen) atoms. The van der Waals surface area contributed by atoms with Crippen LogP contribution in [0.4, 0.5) is 0 Å². The lowest BCUT2D eigenvalue weighted by Crippen LogP contribution is -2.50. The lowest BCUT2D eigenvalue weighted by Gasteiger charge is -2.33. The lowest BCUT2D eigenvalue weighted by molar-refractivity contribution is -0.602. The number of sulfonamides is 1. The number of pyridine rings is 1. The van der Waals surface area contributed by atoms with E-state index in [0.29, 0.717) is 38.6 Å². The lowest BCUT2D eigenvalue weighted by atomic mass is 10.1. The quantitative estimate of drug-likeness (QED) is 0.301. The molecule has 0 saturated carbocycles. The van der Waals surface area contributed by atoms with Crippen LogP contribution in [0.3, 0.4) is 0 Å². The van der Waals surface area contributed by atoms with Gasteiger partial charge in [0.1, 0.15) is 0 Å². The summed E-state index contributed by atoms with van der Waals surface area (Å²) < 4.78 is 28.3. The van der Waals surface area contributed by atoms with E-state index in [0.717, 1.165) is 4.73 Å². The maximum atomic E-state index is 13.1. The average molecular weight is 527 g/mol. The zero-order valence-corrected chi connectivity index (χ0v) is 20.7. The van der Waals surface area contributed by atoms with E-state index in [4.69, 9.17) is 17.3 Å². The predicted octanol–water partition coefficient (Wildman–Crippen LogP) is 2.12. The molecule has 2 aromatic heterocycles. The van der Waals surface area contributed by atoms with Crippen LogP contribution in [0.5, 0.6) is 0 Å². The second-order valence-corrected chi connectivity index (χ2v) is 10.7. The fourth-order valence-corrected chi connectivity index (χ4v) is 5.72. The van der Waals surface area contributed by atoms with Gasteiger partial charge in [0.25, 0.3) is 15.9 Å². The number of benzene rings is 2. The SMILES string of the molecule is NCc1cccc(-c2ccc(C(=O)N3CCN(S(=O)(=O)c4nc5ccc(Cl)cc5[nH]4)CC3)cc2)[n+]1[O-]. The summed E-state index contributed by atoms with van der Waals surface area (Å²) in [4.78, 5) is 21.7. The molecule has 0 radical (unpaired) electrons. The van der Waals surface area contributed by atoms with Crippen molar-refractivity contribution in [2.45, 2.75) is 11.7 Å². The standard InChI is InChI=1S/C24H23ClN6O4S/c25-18-8-9-20-21(14-18)28-24(27-20)36(34,35)30-12-10-29(11-13-30)23(32)17-6-4-16(5-7-17)22-3-1-2-19(15-26)31(22)33/h1-9,14H,10-13,15,26H2,(H,27,28). The second-order valence-electron chi connectivity index (χ2n) is 8.38. The van der Waals surface area contributed by atoms with Gasteiger partial charge in [-0.05, 0) is 48.5 Å². The van der Waals surface area contributed by atoms with Gasteiger partial charge in [0.15, 0.2) is 0 Å². The number of halogens is 1. The largest absolute Gasteiger partial charge is 0.618 e. The van der Waals surface area contributed by atoms with Crippen LogP contribution in [0.25, 0.3) is 22.3 Å². The number of carbonyl (C=O) groups excluding carboxylic acids is 1. The number of nitrogens with zero attached hydrogens (tertiary/aromatic N) is 4. The Labute approximate surface area is 212 Å². The molecule has 0 spiro atoms. The number of fused-ring (bicyclic) bond motifs is 1. The summed E-state index contributed by atoms with van der Waals surface area (Å²) in [6.07, 6.45) is 0. The van der Waals surface area contributed by atoms with Gasteiger partial charge in [-0.2, -0.15) is 9.04 Å². The molecule has 0 atom stereocenters. The molecule has 5 rings (SSSR count). The molecule has 0 bridgehead atoms. The Hall–Kier alpha value is -3.51. The smallest absolute Gasteiger partial charge is 0.276 e. The van der Waals surface area contributed by atoms with Crippen molar-refractivity contribution in [3.63, 3.8) is 0 Å². The molecule has 3 N–H and O–H groups in total. The van der Waals surface area contributed by atoms with Gasteiger partial charge in [0.05, 0.1) is 17.6 Å². The van der Waals surface area contributed by atoms with Crippen molar-refractivity contribution in [1.29, 1.82) is 0 Å². The van der Waals surface area contributed by atoms with Crippen molar-refractivity contribution in [2.24, 2.45) is 5.73 Å². The number of nitrogens with one attached hydrogen (secondary N) is 1. The highest BCUT2D eigenvalue weighted by atomic mass is 35.5. The maximum absolute atomic E-state index is 13.1. The number of nitrogens with two attached hydrogens (primary N) is 1. The number of amides is 1. The monoisotopic (exact) mass is 526 g/mol. The Balaban J connectivity index is 1.27. The molecular formula is C24H23ClN6O4S. The summed E-state index contributed by atoms with van der Waals surface area (Å²) in [5.74, 6) is -0.206. The number of aromatic nitrogens is 3. The van der Waals surface area contributed by atoms with Crippen molar-refractivity contribution >= 4 is 38.6 Å². The first-order chi connectivity index (χ1) is 17.3. The number of piperazine rings is 1. The third-order valence-corrected chi connectivity index (χ3v) is 8.15. The first-order valence-electron chi connectivity index (χ1n) is 11.2. The Kier molecular flexibility index (Phi) is 6.39. The van der Waals surface area contributed by atoms with E-state index in [1.807, 2.05) is 0 Å². The van der Waals surface area contributed by atoms with Gasteiger partial charge in [0.2, 0.25) is 16.5 Å². The molecule has 1 aliphatic heterocycles. The first kappa shape index (κ1) is 24.2. The molecule has 1 saturated heterocycles. The van der Waals surface area contributed by atoms with Crippen LogP contribution in [-0.2, 0) is 16.6 Å². The minimum absolute atomic E-state index is 0.125. The number of aromatic amines is 1. The first-order valence-corrected chi connectivity index (χ1v) is 13.1. The molecule has 1 aliphatic rings. The van der Waals surface area contributed by atoms with Gasteiger partial charge in [-0.25, -0.2) is 13.4 Å². The third kappa shape index (κ3) is 4.42. The van der Waals surface area contributed by atoms with E-state index < -0.39 is 10.0 Å². The predicted molar refractivity (Wildman–Crippen MR) is 134 cm³/mol. The zero-order chi connectivity index (χ0) is 25.4. The molecule has 10 nitrogen and oxygen atoms in total. The van der Waals surface area contributed by atoms with Crippen molar-refractivity contribution in [1.82, 2.24) is 19.2 Å².